The Balaban J connectivity index is -0.000000504. The first-order chi connectivity index (χ1) is 38.9. The molecule has 0 saturated heterocycles. The van der Waals surface area contributed by atoms with Crippen molar-refractivity contribution in [1.29, 1.82) is 0 Å². The van der Waals surface area contributed by atoms with Crippen molar-refractivity contribution < 1.29 is 118 Å². The summed E-state index contributed by atoms with van der Waals surface area (Å²) in [6.07, 6.45) is 4.89. The zero-order chi connectivity index (χ0) is 64.3. The quantitative estimate of drug-likeness (QED) is 0.0246. The Morgan fingerprint density at radius 2 is 0.831 bits per heavy atom. The van der Waals surface area contributed by atoms with Gasteiger partial charge in [-0.15, -0.1) is 50.6 Å². The van der Waals surface area contributed by atoms with Crippen LogP contribution in [0.4, 0.5) is 4.79 Å². The van der Waals surface area contributed by atoms with Gasteiger partial charge in [0.2, 0.25) is 17.7 Å². The van der Waals surface area contributed by atoms with Crippen LogP contribution in [0.15, 0.2) is 0 Å². The van der Waals surface area contributed by atoms with Gasteiger partial charge in [0, 0.05) is 19.3 Å². The topological polar surface area (TPSA) is 546 Å². The molecule has 8 N–H and O–H groups in total. The third-order valence-corrected chi connectivity index (χ3v) is 10.8. The number of carboxylic acid groups (broad SMARTS) is 4. The number of nitrogens with one attached hydrogen (secondary N) is 4. The largest absolute Gasteiger partial charge is 0.480 e. The van der Waals surface area contributed by atoms with Crippen molar-refractivity contribution in [1.82, 2.24) is 21.3 Å². The molecular formula is C43H77N9O29S2. The van der Waals surface area contributed by atoms with Gasteiger partial charge in [-0.2, -0.15) is 23.5 Å². The highest BCUT2D eigenvalue weighted by molar-refractivity contribution is 7.98. The van der Waals surface area contributed by atoms with Gasteiger partial charge >= 0.3 is 30.0 Å². The van der Waals surface area contributed by atoms with E-state index in [-0.39, 0.29) is 102 Å². The van der Waals surface area contributed by atoms with Crippen LogP contribution in [0.1, 0.15) is 111 Å². The van der Waals surface area contributed by atoms with E-state index >= 15 is 0 Å². The van der Waals surface area contributed by atoms with Crippen LogP contribution in [0.3, 0.4) is 0 Å². The number of rotatable bonds is 46. The monoisotopic (exact) mass is 1250 g/mol. The number of thioether (sulfide) groups is 2. The molecule has 0 aromatic heterocycles. The number of hydrogen-bond donors (Lipinski definition) is 8. The number of unbranched alkanes of at least 4 members (excludes halogenated alkanes) is 2. The zero-order valence-electron chi connectivity index (χ0n) is 46.6. The second-order valence-corrected chi connectivity index (χ2v) is 19.4. The third-order valence-electron chi connectivity index (χ3n) is 9.53. The number of hydrogen-bond acceptors (Lipinski definition) is 27. The molecule has 0 aromatic carbocycles. The van der Waals surface area contributed by atoms with Crippen LogP contribution in [0, 0.1) is 62.4 Å². The lowest BCUT2D eigenvalue weighted by atomic mass is 10.0. The maximum absolute atomic E-state index is 11.7. The van der Waals surface area contributed by atoms with Gasteiger partial charge in [-0.3, -0.25) is 14.4 Å². The second kappa shape index (κ2) is 52.3. The molecule has 0 aliphatic carbocycles. The standard InChI is InChI=1S/C12H22N2O6.C11H19N3O9S.C11H20N2O8.C9H16N2O6S/c1-9(2)8-10(12(16)17)13-11(15)6-4-3-5-7-20-14(18)19;1-24-6-5-9(11(16)17)12-10(15)4-2-3-8(23-14(20)21)7-22-13(18)19;1-8(2)7-9(10(14)15)12-11(16)20-5-3-19-4-6-21-13(17)18;1-18-6-4-7(9(13)14)10-8(12)3-2-5-17-11(15)16/h9-10H,3-8H2,1-2H3,(H,13,15)(H,16,17);8-9H,2-7H2,1H3,(H,12,15)(H,16,17);8-9H,3-7H2,1-2H3,(H,12,16)(H,14,15);7H,2-6H2,1H3,(H,10,12)(H,13,14). The van der Waals surface area contributed by atoms with Gasteiger partial charge in [0.1, 0.15) is 50.1 Å². The zero-order valence-corrected chi connectivity index (χ0v) is 48.3. The van der Waals surface area contributed by atoms with E-state index in [4.69, 9.17) is 29.9 Å². The molecule has 4 amide bonds. The van der Waals surface area contributed by atoms with Gasteiger partial charge in [-0.05, 0) is 93.6 Å². The lowest BCUT2D eigenvalue weighted by Crippen LogP contribution is -2.42. The molecule has 0 aliphatic heterocycles. The highest BCUT2D eigenvalue weighted by atomic mass is 32.2. The molecule has 0 rings (SSSR count). The highest BCUT2D eigenvalue weighted by Gasteiger charge is 2.24. The predicted octanol–water partition coefficient (Wildman–Crippen LogP) is 2.37. The first kappa shape index (κ1) is 81.7. The van der Waals surface area contributed by atoms with Crippen LogP contribution in [-0.4, -0.2) is 194 Å². The van der Waals surface area contributed by atoms with E-state index in [1.807, 2.05) is 40.2 Å². The average molecular weight is 1250 g/mol. The van der Waals surface area contributed by atoms with E-state index in [0.29, 0.717) is 50.0 Å². The minimum absolute atomic E-state index is 0.00309. The molecule has 480 valence electrons. The van der Waals surface area contributed by atoms with Crippen LogP contribution in [-0.2, 0) is 67.2 Å². The van der Waals surface area contributed by atoms with Crippen molar-refractivity contribution in [2.45, 2.75) is 141 Å². The fourth-order valence-electron chi connectivity index (χ4n) is 5.82. The van der Waals surface area contributed by atoms with Gasteiger partial charge < -0.3 is 75.4 Å². The summed E-state index contributed by atoms with van der Waals surface area (Å²) in [5.41, 5.74) is 0. The number of aliphatic carboxylic acids is 4. The lowest BCUT2D eigenvalue weighted by Gasteiger charge is -2.16. The van der Waals surface area contributed by atoms with E-state index in [1.54, 1.807) is 0 Å². The number of alkyl carbamates (subject to hydrolysis) is 1. The average Bonchev–Trinajstić information content (AvgIpc) is 3.37. The van der Waals surface area contributed by atoms with Crippen molar-refractivity contribution >= 4 is 71.2 Å². The molecular weight excluding hydrogens is 1170 g/mol. The molecule has 0 spiro atoms. The number of carbonyl (C=O) groups excluding carboxylic acids is 4. The molecule has 5 atom stereocenters. The molecule has 38 nitrogen and oxygen atoms in total. The van der Waals surface area contributed by atoms with Crippen molar-refractivity contribution in [3.63, 3.8) is 0 Å². The molecule has 0 aromatic rings. The molecule has 5 unspecified atom stereocenters. The molecule has 0 heterocycles. The fourth-order valence-corrected chi connectivity index (χ4v) is 6.76. The fraction of sp³-hybridized carbons (Fsp3) is 0.814. The van der Waals surface area contributed by atoms with Crippen LogP contribution in [0.2, 0.25) is 0 Å². The second-order valence-electron chi connectivity index (χ2n) is 17.4. The van der Waals surface area contributed by atoms with Gasteiger partial charge in [0.15, 0.2) is 0 Å². The first-order valence-corrected chi connectivity index (χ1v) is 27.9. The SMILES string of the molecule is CC(C)CC(NC(=O)CCCCCO[N+](=O)[O-])C(=O)O.CC(C)CC(NC(=O)OCCOCCO[N+](=O)[O-])C(=O)O.CSCCC(NC(=O)CCCC(CO[N+](=O)[O-])O[N+](=O)[O-])C(=O)O.CSCCC(NC(=O)CCCO[N+](=O)[O-])C(=O)O. The van der Waals surface area contributed by atoms with E-state index in [2.05, 4.69) is 45.5 Å². The van der Waals surface area contributed by atoms with Gasteiger partial charge in [-0.1, -0.05) is 34.1 Å². The smallest absolute Gasteiger partial charge is 0.407 e. The number of amides is 4. The molecule has 40 heteroatoms. The summed E-state index contributed by atoms with van der Waals surface area (Å²) in [4.78, 5) is 160. The van der Waals surface area contributed by atoms with Crippen LogP contribution in [0.25, 0.3) is 0 Å². The minimum atomic E-state index is -1.19. The normalized spacial score (nSPS) is 12.0. The van der Waals surface area contributed by atoms with Gasteiger partial charge in [0.25, 0.3) is 25.4 Å². The summed E-state index contributed by atoms with van der Waals surface area (Å²) in [6.45, 7) is 6.34. The van der Waals surface area contributed by atoms with Crippen LogP contribution in [0.5, 0.6) is 0 Å². The van der Waals surface area contributed by atoms with E-state index < -0.39 is 104 Å². The summed E-state index contributed by atoms with van der Waals surface area (Å²) in [5.74, 6) is -4.21. The van der Waals surface area contributed by atoms with E-state index in [0.717, 1.165) is 0 Å². The number of ether oxygens (including phenoxy) is 2. The Labute approximate surface area is 483 Å². The number of carboxylic acids is 4. The third kappa shape index (κ3) is 58.7. The molecule has 0 bridgehead atoms. The highest BCUT2D eigenvalue weighted by Crippen LogP contribution is 2.10. The Morgan fingerprint density at radius 1 is 0.446 bits per heavy atom. The Morgan fingerprint density at radius 3 is 1.24 bits per heavy atom. The van der Waals surface area contributed by atoms with Crippen molar-refractivity contribution in [2.24, 2.45) is 11.8 Å². The first-order valence-electron chi connectivity index (χ1n) is 25.1. The number of carbonyl (C=O) groups is 8. The molecule has 0 radical (unpaired) electrons. The van der Waals surface area contributed by atoms with Crippen LogP contribution >= 0.6 is 23.5 Å². The van der Waals surface area contributed by atoms with E-state index in [1.165, 1.54) is 23.5 Å². The summed E-state index contributed by atoms with van der Waals surface area (Å²) in [6, 6.07) is -3.79. The predicted molar refractivity (Wildman–Crippen MR) is 286 cm³/mol. The summed E-state index contributed by atoms with van der Waals surface area (Å²) in [5, 5.41) is 90.1. The van der Waals surface area contributed by atoms with E-state index in [9.17, 15) is 88.9 Å². The minimum Gasteiger partial charge on any atom is -0.480 e. The van der Waals surface area contributed by atoms with Gasteiger partial charge in [-0.25, -0.2) is 24.0 Å². The Kier molecular flexibility index (Phi) is 51.5. The maximum atomic E-state index is 11.7. The Bertz CT molecular complexity index is 1960. The maximum Gasteiger partial charge on any atom is 0.407 e. The summed E-state index contributed by atoms with van der Waals surface area (Å²) < 4.78 is 9.62. The number of nitrogens with zero attached hydrogens (tertiary/aromatic N) is 5. The molecule has 0 fully saturated rings. The molecule has 0 aliphatic rings. The molecule has 0 saturated carbocycles. The van der Waals surface area contributed by atoms with Gasteiger partial charge in [0.05, 0.1) is 26.4 Å². The summed E-state index contributed by atoms with van der Waals surface area (Å²) >= 11 is 2.94. The molecule has 83 heavy (non-hydrogen) atoms. The van der Waals surface area contributed by atoms with Crippen molar-refractivity contribution in [2.75, 3.05) is 70.3 Å². The Hall–Kier alpha value is -7.78. The lowest BCUT2D eigenvalue weighted by molar-refractivity contribution is -0.790. The van der Waals surface area contributed by atoms with Crippen LogP contribution < -0.4 is 21.3 Å². The van der Waals surface area contributed by atoms with Crippen molar-refractivity contribution in [3.8, 4) is 0 Å². The summed E-state index contributed by atoms with van der Waals surface area (Å²) in [7, 11) is 0. The van der Waals surface area contributed by atoms with Crippen molar-refractivity contribution in [3.05, 3.63) is 50.6 Å².